The van der Waals surface area contributed by atoms with Gasteiger partial charge < -0.3 is 10.5 Å². The Balaban J connectivity index is 2.16. The van der Waals surface area contributed by atoms with Gasteiger partial charge in [-0.15, -0.1) is 0 Å². The van der Waals surface area contributed by atoms with E-state index in [0.29, 0.717) is 11.7 Å². The number of nitrogens with two attached hydrogens (primary N) is 1. The van der Waals surface area contributed by atoms with Crippen LogP contribution in [0.25, 0.3) is 0 Å². The molecule has 1 aromatic heterocycles. The molecule has 2 aromatic rings. The number of rotatable bonds is 2. The normalized spacial score (nSPS) is 11.3. The minimum atomic E-state index is 0.134. The van der Waals surface area contributed by atoms with Gasteiger partial charge in [0.2, 0.25) is 5.88 Å². The van der Waals surface area contributed by atoms with Crippen LogP contribution in [0.1, 0.15) is 26.3 Å². The summed E-state index contributed by atoms with van der Waals surface area (Å²) in [5, 5.41) is 0. The van der Waals surface area contributed by atoms with Gasteiger partial charge in [0.15, 0.2) is 0 Å². The number of hydrogen-bond acceptors (Lipinski definition) is 4. The summed E-state index contributed by atoms with van der Waals surface area (Å²) in [4.78, 5) is 7.96. The number of hydrogen-bond donors (Lipinski definition) is 1. The molecule has 0 fully saturated rings. The maximum atomic E-state index is 5.57. The summed E-state index contributed by atoms with van der Waals surface area (Å²) in [6, 6.07) is 7.95. The molecule has 2 N–H and O–H groups in total. The van der Waals surface area contributed by atoms with Crippen molar-refractivity contribution in [3.8, 4) is 11.6 Å². The van der Waals surface area contributed by atoms with E-state index in [1.807, 2.05) is 12.1 Å². The van der Waals surface area contributed by atoms with E-state index in [1.165, 1.54) is 18.0 Å². The lowest BCUT2D eigenvalue weighted by Gasteiger charge is -2.19. The zero-order valence-corrected chi connectivity index (χ0v) is 10.8. The molecule has 0 aliphatic carbocycles. The average molecular weight is 243 g/mol. The number of anilines is 1. The lowest BCUT2D eigenvalue weighted by molar-refractivity contribution is 0.460. The molecule has 0 unspecified atom stereocenters. The molecule has 94 valence electrons. The molecule has 0 radical (unpaired) electrons. The van der Waals surface area contributed by atoms with Crippen LogP contribution in [-0.2, 0) is 5.41 Å². The Morgan fingerprint density at radius 1 is 1.06 bits per heavy atom. The van der Waals surface area contributed by atoms with Crippen molar-refractivity contribution in [2.75, 3.05) is 5.73 Å². The average Bonchev–Trinajstić information content (AvgIpc) is 2.28. The molecule has 2 rings (SSSR count). The van der Waals surface area contributed by atoms with E-state index in [4.69, 9.17) is 10.5 Å². The van der Waals surface area contributed by atoms with Gasteiger partial charge in [-0.1, -0.05) is 32.9 Å². The van der Waals surface area contributed by atoms with Crippen LogP contribution in [0.5, 0.6) is 11.6 Å². The van der Waals surface area contributed by atoms with E-state index < -0.39 is 0 Å². The zero-order valence-electron chi connectivity index (χ0n) is 10.8. The summed E-state index contributed by atoms with van der Waals surface area (Å²) in [6.45, 7) is 6.52. The van der Waals surface area contributed by atoms with Crippen LogP contribution in [0.2, 0.25) is 0 Å². The van der Waals surface area contributed by atoms with Crippen molar-refractivity contribution in [2.45, 2.75) is 26.2 Å². The second-order valence-corrected chi connectivity index (χ2v) is 5.16. The Morgan fingerprint density at radius 2 is 1.72 bits per heavy atom. The first-order valence-corrected chi connectivity index (χ1v) is 5.81. The van der Waals surface area contributed by atoms with Gasteiger partial charge in [0.05, 0.1) is 12.4 Å². The third kappa shape index (κ3) is 2.97. The summed E-state index contributed by atoms with van der Waals surface area (Å²) in [7, 11) is 0. The van der Waals surface area contributed by atoms with Crippen LogP contribution in [0.15, 0.2) is 36.7 Å². The Kier molecular flexibility index (Phi) is 3.19. The largest absolute Gasteiger partial charge is 0.437 e. The maximum Gasteiger partial charge on any atom is 0.239 e. The molecule has 0 amide bonds. The molecule has 0 bridgehead atoms. The molecule has 0 saturated carbocycles. The molecule has 4 nitrogen and oxygen atoms in total. The second-order valence-electron chi connectivity index (χ2n) is 5.16. The van der Waals surface area contributed by atoms with Crippen molar-refractivity contribution in [2.24, 2.45) is 0 Å². The van der Waals surface area contributed by atoms with Crippen molar-refractivity contribution < 1.29 is 4.74 Å². The Morgan fingerprint density at radius 3 is 2.28 bits per heavy atom. The molecule has 0 spiro atoms. The topological polar surface area (TPSA) is 61.0 Å². The number of nitrogen functional groups attached to an aromatic ring is 1. The molecule has 0 atom stereocenters. The van der Waals surface area contributed by atoms with Crippen molar-refractivity contribution in [3.63, 3.8) is 0 Å². The van der Waals surface area contributed by atoms with Gasteiger partial charge >= 0.3 is 0 Å². The first-order chi connectivity index (χ1) is 8.45. The third-order valence-corrected chi connectivity index (χ3v) is 2.57. The van der Waals surface area contributed by atoms with E-state index in [9.17, 15) is 0 Å². The van der Waals surface area contributed by atoms with Crippen LogP contribution < -0.4 is 10.5 Å². The molecule has 0 saturated heterocycles. The summed E-state index contributed by atoms with van der Waals surface area (Å²) >= 11 is 0. The van der Waals surface area contributed by atoms with Crippen molar-refractivity contribution in [3.05, 3.63) is 42.2 Å². The quantitative estimate of drug-likeness (QED) is 0.880. The Labute approximate surface area is 107 Å². The second kappa shape index (κ2) is 4.64. The lowest BCUT2D eigenvalue weighted by Crippen LogP contribution is -2.10. The Hall–Kier alpha value is -2.10. The minimum absolute atomic E-state index is 0.134. The predicted molar refractivity (Wildman–Crippen MR) is 71.7 cm³/mol. The van der Waals surface area contributed by atoms with Gasteiger partial charge in [-0.2, -0.15) is 4.98 Å². The summed E-state index contributed by atoms with van der Waals surface area (Å²) in [5.41, 5.74) is 6.93. The van der Waals surface area contributed by atoms with Gasteiger partial charge in [0.25, 0.3) is 0 Å². The molecule has 0 aliphatic rings. The molecule has 18 heavy (non-hydrogen) atoms. The van der Waals surface area contributed by atoms with Crippen LogP contribution in [0.3, 0.4) is 0 Å². The lowest BCUT2D eigenvalue weighted by atomic mass is 9.87. The first kappa shape index (κ1) is 12.4. The van der Waals surface area contributed by atoms with E-state index in [0.717, 1.165) is 5.75 Å². The van der Waals surface area contributed by atoms with E-state index >= 15 is 0 Å². The monoisotopic (exact) mass is 243 g/mol. The molecule has 0 aliphatic heterocycles. The zero-order chi connectivity index (χ0) is 13.2. The molecular weight excluding hydrogens is 226 g/mol. The number of nitrogens with zero attached hydrogens (tertiary/aromatic N) is 2. The highest BCUT2D eigenvalue weighted by Crippen LogP contribution is 2.26. The van der Waals surface area contributed by atoms with E-state index in [-0.39, 0.29) is 5.41 Å². The first-order valence-electron chi connectivity index (χ1n) is 5.81. The fourth-order valence-corrected chi connectivity index (χ4v) is 1.56. The van der Waals surface area contributed by atoms with Crippen molar-refractivity contribution in [1.82, 2.24) is 9.97 Å². The smallest absolute Gasteiger partial charge is 0.239 e. The number of aromatic nitrogens is 2. The van der Waals surface area contributed by atoms with Gasteiger partial charge in [0, 0.05) is 0 Å². The van der Waals surface area contributed by atoms with Crippen molar-refractivity contribution >= 4 is 5.82 Å². The van der Waals surface area contributed by atoms with Gasteiger partial charge in [-0.25, -0.2) is 0 Å². The standard InChI is InChI=1S/C14H17N3O/c1-14(2,3)10-4-6-11(7-5-10)18-13-9-16-8-12(15)17-13/h4-9H,1-3H3,(H2,15,17). The number of benzene rings is 1. The van der Waals surface area contributed by atoms with Crippen LogP contribution in [-0.4, -0.2) is 9.97 Å². The molecule has 1 aromatic carbocycles. The predicted octanol–water partition coefficient (Wildman–Crippen LogP) is 3.15. The van der Waals surface area contributed by atoms with E-state index in [2.05, 4.69) is 42.9 Å². The fraction of sp³-hybridized carbons (Fsp3) is 0.286. The SMILES string of the molecule is CC(C)(C)c1ccc(Oc2cncc(N)n2)cc1. The van der Waals surface area contributed by atoms with Crippen molar-refractivity contribution in [1.29, 1.82) is 0 Å². The summed E-state index contributed by atoms with van der Waals surface area (Å²) in [6.07, 6.45) is 3.02. The van der Waals surface area contributed by atoms with Gasteiger partial charge in [-0.05, 0) is 23.1 Å². The third-order valence-electron chi connectivity index (χ3n) is 2.57. The van der Waals surface area contributed by atoms with E-state index in [1.54, 1.807) is 0 Å². The van der Waals surface area contributed by atoms with Gasteiger partial charge in [-0.3, -0.25) is 4.98 Å². The summed E-state index contributed by atoms with van der Waals surface area (Å²) < 4.78 is 5.57. The minimum Gasteiger partial charge on any atom is -0.437 e. The molecule has 4 heteroatoms. The van der Waals surface area contributed by atoms with Crippen LogP contribution in [0.4, 0.5) is 5.82 Å². The highest BCUT2D eigenvalue weighted by Gasteiger charge is 2.13. The van der Waals surface area contributed by atoms with Gasteiger partial charge in [0.1, 0.15) is 11.6 Å². The summed E-state index contributed by atoms with van der Waals surface area (Å²) in [5.74, 6) is 1.47. The highest BCUT2D eigenvalue weighted by atomic mass is 16.5. The van der Waals surface area contributed by atoms with Crippen LogP contribution in [0, 0.1) is 0 Å². The van der Waals surface area contributed by atoms with Crippen LogP contribution >= 0.6 is 0 Å². The maximum absolute atomic E-state index is 5.57. The Bertz CT molecular complexity index is 529. The molecular formula is C14H17N3O. The number of ether oxygens (including phenoxy) is 1. The molecule has 1 heterocycles. The highest BCUT2D eigenvalue weighted by molar-refractivity contribution is 5.34. The fourth-order valence-electron chi connectivity index (χ4n) is 1.56.